The fraction of sp³-hybridized carbons (Fsp3) is 0.567. The van der Waals surface area contributed by atoms with Crippen molar-refractivity contribution in [3.8, 4) is 0 Å². The molecule has 2 aliphatic heterocycles. The Bertz CT molecular complexity index is 1150. The van der Waals surface area contributed by atoms with E-state index in [2.05, 4.69) is 56.6 Å². The minimum absolute atomic E-state index is 0.170. The Balaban J connectivity index is 1.29. The van der Waals surface area contributed by atoms with Crippen LogP contribution >= 0.6 is 0 Å². The predicted molar refractivity (Wildman–Crippen MR) is 145 cm³/mol. The van der Waals surface area contributed by atoms with Crippen molar-refractivity contribution in [1.29, 1.82) is 0 Å². The number of fused-ring (bicyclic) bond motifs is 1. The summed E-state index contributed by atoms with van der Waals surface area (Å²) in [6, 6.07) is 16.8. The molecule has 192 valence electrons. The molecule has 36 heavy (non-hydrogen) atoms. The Hall–Kier alpha value is -2.44. The topological polar surface area (TPSA) is 27.5 Å². The molecule has 3 heterocycles. The summed E-state index contributed by atoms with van der Waals surface area (Å²) in [5.41, 5.74) is 3.54. The normalized spacial score (nSPS) is 22.7. The first kappa shape index (κ1) is 23.9. The molecule has 0 atom stereocenters. The molecule has 0 radical (unpaired) electrons. The second kappa shape index (κ2) is 10.1. The lowest BCUT2D eigenvalue weighted by molar-refractivity contribution is 0.0361. The molecule has 0 spiro atoms. The highest BCUT2D eigenvalue weighted by Gasteiger charge is 2.41. The zero-order valence-corrected chi connectivity index (χ0v) is 21.7. The number of hydrogen-bond donors (Lipinski definition) is 0. The van der Waals surface area contributed by atoms with Gasteiger partial charge in [0.2, 0.25) is 5.95 Å². The molecule has 0 bridgehead atoms. The molecule has 5 nitrogen and oxygen atoms in total. The highest BCUT2D eigenvalue weighted by atomic mass is 19.1. The molecule has 2 saturated heterocycles. The predicted octanol–water partition coefficient (Wildman–Crippen LogP) is 5.81. The summed E-state index contributed by atoms with van der Waals surface area (Å²) in [5.74, 6) is 0.833. The second-order valence-corrected chi connectivity index (χ2v) is 11.2. The third-order valence-corrected chi connectivity index (χ3v) is 9.10. The van der Waals surface area contributed by atoms with Crippen LogP contribution < -0.4 is 4.90 Å². The number of aromatic nitrogens is 2. The van der Waals surface area contributed by atoms with Gasteiger partial charge >= 0.3 is 0 Å². The third kappa shape index (κ3) is 4.43. The van der Waals surface area contributed by atoms with Gasteiger partial charge in [0.15, 0.2) is 0 Å². The standard InChI is InChI=1S/C30H40FN5/c1-33-19-21-34(22-20-33)29-32-27-23-25(31)11-12-28(27)36(29)26-13-17-35(18-14-26)30(15-7-2-3-8-16-30)24-9-5-4-6-10-24/h4-6,9-12,23,26H,2-3,7-8,13-22H2,1H3. The third-order valence-electron chi connectivity index (χ3n) is 9.10. The number of halogens is 1. The lowest BCUT2D eigenvalue weighted by Gasteiger charge is -2.48. The van der Waals surface area contributed by atoms with E-state index in [-0.39, 0.29) is 11.4 Å². The summed E-state index contributed by atoms with van der Waals surface area (Å²) in [6.45, 7) is 6.22. The van der Waals surface area contributed by atoms with Gasteiger partial charge in [-0.05, 0) is 50.4 Å². The molecule has 2 aromatic carbocycles. The van der Waals surface area contributed by atoms with Crippen LogP contribution in [0.15, 0.2) is 48.5 Å². The average Bonchev–Trinajstić information content (AvgIpc) is 3.10. The number of piperidine rings is 1. The number of likely N-dealkylation sites (tertiary alicyclic amines) is 1. The Morgan fingerprint density at radius 1 is 0.833 bits per heavy atom. The Labute approximate surface area is 214 Å². The van der Waals surface area contributed by atoms with Crippen LogP contribution in [0.2, 0.25) is 0 Å². The minimum atomic E-state index is -0.204. The van der Waals surface area contributed by atoms with Crippen LogP contribution in [0.3, 0.4) is 0 Å². The van der Waals surface area contributed by atoms with E-state index in [1.165, 1.54) is 44.1 Å². The van der Waals surface area contributed by atoms with E-state index in [9.17, 15) is 4.39 Å². The van der Waals surface area contributed by atoms with Crippen LogP contribution in [0, 0.1) is 5.82 Å². The van der Waals surface area contributed by atoms with E-state index in [1.807, 2.05) is 6.07 Å². The monoisotopic (exact) mass is 489 g/mol. The van der Waals surface area contributed by atoms with Crippen LogP contribution in [0.25, 0.3) is 11.0 Å². The summed E-state index contributed by atoms with van der Waals surface area (Å²) >= 11 is 0. The van der Waals surface area contributed by atoms with Gasteiger partial charge in [0.25, 0.3) is 0 Å². The number of likely N-dealkylation sites (N-methyl/N-ethyl adjacent to an activating group) is 1. The van der Waals surface area contributed by atoms with Gasteiger partial charge in [-0.15, -0.1) is 0 Å². The Morgan fingerprint density at radius 2 is 1.53 bits per heavy atom. The maximum atomic E-state index is 14.1. The van der Waals surface area contributed by atoms with Gasteiger partial charge in [-0.1, -0.05) is 56.0 Å². The number of benzene rings is 2. The Morgan fingerprint density at radius 3 is 2.22 bits per heavy atom. The SMILES string of the molecule is CN1CCN(c2nc3cc(F)ccc3n2C2CCN(C3(c4ccccc4)CCCCCC3)CC2)CC1. The number of imidazole rings is 1. The molecular formula is C30H40FN5. The van der Waals surface area contributed by atoms with Gasteiger partial charge in [-0.3, -0.25) is 4.90 Å². The van der Waals surface area contributed by atoms with Crippen LogP contribution in [0.5, 0.6) is 0 Å². The number of piperazine rings is 1. The van der Waals surface area contributed by atoms with Gasteiger partial charge in [0, 0.05) is 56.9 Å². The van der Waals surface area contributed by atoms with E-state index in [1.54, 1.807) is 12.1 Å². The van der Waals surface area contributed by atoms with Gasteiger partial charge in [0.05, 0.1) is 11.0 Å². The van der Waals surface area contributed by atoms with Gasteiger partial charge in [-0.2, -0.15) is 0 Å². The molecule has 3 fully saturated rings. The summed E-state index contributed by atoms with van der Waals surface area (Å²) in [4.78, 5) is 12.6. The molecular weight excluding hydrogens is 449 g/mol. The van der Waals surface area contributed by atoms with Crippen LogP contribution in [-0.4, -0.2) is 65.7 Å². The molecule has 6 heteroatoms. The van der Waals surface area contributed by atoms with Crippen LogP contribution in [0.4, 0.5) is 10.3 Å². The molecule has 1 aromatic heterocycles. The molecule has 3 aliphatic rings. The number of anilines is 1. The zero-order chi connectivity index (χ0) is 24.5. The summed E-state index contributed by atoms with van der Waals surface area (Å²) in [6.07, 6.45) is 10.1. The molecule has 0 unspecified atom stereocenters. The van der Waals surface area contributed by atoms with Crippen LogP contribution in [-0.2, 0) is 5.54 Å². The fourth-order valence-electron chi connectivity index (χ4n) is 7.05. The smallest absolute Gasteiger partial charge is 0.206 e. The van der Waals surface area contributed by atoms with Crippen molar-refractivity contribution in [1.82, 2.24) is 19.4 Å². The first-order valence-electron chi connectivity index (χ1n) is 14.1. The van der Waals surface area contributed by atoms with Crippen LogP contribution in [0.1, 0.15) is 63.0 Å². The largest absolute Gasteiger partial charge is 0.340 e. The lowest BCUT2D eigenvalue weighted by atomic mass is 9.79. The van der Waals surface area contributed by atoms with E-state index in [0.717, 1.165) is 69.1 Å². The van der Waals surface area contributed by atoms with Crippen molar-refractivity contribution in [2.75, 3.05) is 51.2 Å². The molecule has 1 saturated carbocycles. The van der Waals surface area contributed by atoms with E-state index in [4.69, 9.17) is 4.98 Å². The van der Waals surface area contributed by atoms with Crippen molar-refractivity contribution < 1.29 is 4.39 Å². The zero-order valence-electron chi connectivity index (χ0n) is 21.7. The maximum Gasteiger partial charge on any atom is 0.206 e. The quantitative estimate of drug-likeness (QED) is 0.432. The van der Waals surface area contributed by atoms with Crippen molar-refractivity contribution in [3.63, 3.8) is 0 Å². The molecule has 1 aliphatic carbocycles. The van der Waals surface area contributed by atoms with Gasteiger partial charge in [-0.25, -0.2) is 9.37 Å². The number of nitrogens with zero attached hydrogens (tertiary/aromatic N) is 5. The van der Waals surface area contributed by atoms with E-state index in [0.29, 0.717) is 6.04 Å². The average molecular weight is 490 g/mol. The fourth-order valence-corrected chi connectivity index (χ4v) is 7.05. The van der Waals surface area contributed by atoms with Crippen molar-refractivity contribution in [2.45, 2.75) is 62.9 Å². The molecule has 0 amide bonds. The highest BCUT2D eigenvalue weighted by Crippen LogP contribution is 2.44. The molecule has 3 aromatic rings. The first-order valence-corrected chi connectivity index (χ1v) is 14.1. The van der Waals surface area contributed by atoms with Gasteiger partial charge in [0.1, 0.15) is 5.82 Å². The molecule has 0 N–H and O–H groups in total. The summed E-state index contributed by atoms with van der Waals surface area (Å²) in [5, 5.41) is 0. The highest BCUT2D eigenvalue weighted by molar-refractivity contribution is 5.79. The summed E-state index contributed by atoms with van der Waals surface area (Å²) < 4.78 is 16.6. The van der Waals surface area contributed by atoms with Gasteiger partial charge < -0.3 is 14.4 Å². The van der Waals surface area contributed by atoms with E-state index >= 15 is 0 Å². The number of hydrogen-bond acceptors (Lipinski definition) is 4. The number of rotatable bonds is 4. The first-order chi connectivity index (χ1) is 17.6. The van der Waals surface area contributed by atoms with Crippen molar-refractivity contribution in [2.24, 2.45) is 0 Å². The lowest BCUT2D eigenvalue weighted by Crippen LogP contribution is -2.50. The second-order valence-electron chi connectivity index (χ2n) is 11.2. The van der Waals surface area contributed by atoms with Crippen molar-refractivity contribution in [3.05, 3.63) is 59.9 Å². The van der Waals surface area contributed by atoms with Crippen molar-refractivity contribution >= 4 is 17.0 Å². The Kier molecular flexibility index (Phi) is 6.74. The summed E-state index contributed by atoms with van der Waals surface area (Å²) in [7, 11) is 2.18. The van der Waals surface area contributed by atoms with E-state index < -0.39 is 0 Å². The minimum Gasteiger partial charge on any atom is -0.340 e. The molecule has 6 rings (SSSR count). The maximum absolute atomic E-state index is 14.1.